The number of carbonyl (C=O) groups is 1. The summed E-state index contributed by atoms with van der Waals surface area (Å²) in [6, 6.07) is 8.85. The van der Waals surface area contributed by atoms with Crippen LogP contribution in [-0.4, -0.2) is 17.7 Å². The molecule has 80 valence electrons. The monoisotopic (exact) mass is 210 g/mol. The molecule has 0 aliphatic heterocycles. The Morgan fingerprint density at radius 2 is 2.20 bits per heavy atom. The summed E-state index contributed by atoms with van der Waals surface area (Å²) in [6.07, 6.45) is 0.441. The zero-order valence-corrected chi connectivity index (χ0v) is 8.02. The van der Waals surface area contributed by atoms with Crippen LogP contribution >= 0.6 is 0 Å². The van der Waals surface area contributed by atoms with Gasteiger partial charge in [-0.1, -0.05) is 30.3 Å². The molecular weight excluding hydrogens is 199 g/mol. The average Bonchev–Trinajstić information content (AvgIpc) is 3.05. The fourth-order valence-electron chi connectivity index (χ4n) is 2.08. The fourth-order valence-corrected chi connectivity index (χ4v) is 2.08. The number of carbonyl (C=O) groups excluding carboxylic acids is 1. The number of halogens is 1. The first-order chi connectivity index (χ1) is 7.25. The maximum absolute atomic E-state index is 12.0. The minimum Gasteiger partial charge on any atom is -0.396 e. The van der Waals surface area contributed by atoms with Gasteiger partial charge in [0.15, 0.2) is 0 Å². The van der Waals surface area contributed by atoms with Crippen LogP contribution in [0.25, 0.3) is 0 Å². The van der Waals surface area contributed by atoms with Crippen LogP contribution in [0.1, 0.15) is 12.0 Å². The molecular formula is C11H11FO3. The molecule has 3 nitrogen and oxygen atoms in total. The lowest BCUT2D eigenvalue weighted by atomic mass is 9.93. The van der Waals surface area contributed by atoms with Crippen molar-refractivity contribution in [3.05, 3.63) is 35.9 Å². The van der Waals surface area contributed by atoms with Crippen LogP contribution in [0.15, 0.2) is 30.3 Å². The highest BCUT2D eigenvalue weighted by molar-refractivity contribution is 5.87. The van der Waals surface area contributed by atoms with Crippen LogP contribution in [0.3, 0.4) is 0 Å². The normalized spacial score (nSPS) is 28.5. The lowest BCUT2D eigenvalue weighted by molar-refractivity contribution is -0.187. The van der Waals surface area contributed by atoms with Crippen molar-refractivity contribution in [1.29, 1.82) is 0 Å². The molecule has 2 atom stereocenters. The van der Waals surface area contributed by atoms with Crippen molar-refractivity contribution in [2.75, 3.05) is 6.61 Å². The van der Waals surface area contributed by atoms with E-state index in [4.69, 9.17) is 5.11 Å². The number of hydrogen-bond donors (Lipinski definition) is 1. The Hall–Kier alpha value is -1.42. The van der Waals surface area contributed by atoms with E-state index in [0.29, 0.717) is 12.0 Å². The second kappa shape index (κ2) is 3.62. The Morgan fingerprint density at radius 1 is 1.53 bits per heavy atom. The van der Waals surface area contributed by atoms with Gasteiger partial charge < -0.3 is 5.11 Å². The summed E-state index contributed by atoms with van der Waals surface area (Å²) in [5.74, 6) is -1.14. The molecule has 1 fully saturated rings. The zero-order chi connectivity index (χ0) is 10.9. The summed E-state index contributed by atoms with van der Waals surface area (Å²) >= 11 is 0. The van der Waals surface area contributed by atoms with E-state index in [9.17, 15) is 9.32 Å². The van der Waals surface area contributed by atoms with Crippen molar-refractivity contribution >= 4 is 5.97 Å². The van der Waals surface area contributed by atoms with Gasteiger partial charge in [-0.05, 0) is 12.0 Å². The Morgan fingerprint density at radius 3 is 2.67 bits per heavy atom. The number of benzene rings is 1. The van der Waals surface area contributed by atoms with Gasteiger partial charge in [0, 0.05) is 17.1 Å². The Bertz CT molecular complexity index is 365. The van der Waals surface area contributed by atoms with Gasteiger partial charge in [-0.15, -0.1) is 0 Å². The predicted molar refractivity (Wildman–Crippen MR) is 50.5 cm³/mol. The molecule has 0 bridgehead atoms. The summed E-state index contributed by atoms with van der Waals surface area (Å²) < 4.78 is 12.0. The van der Waals surface area contributed by atoms with Crippen molar-refractivity contribution < 1.29 is 19.4 Å². The molecule has 1 aromatic carbocycles. The second-order valence-corrected chi connectivity index (χ2v) is 3.79. The summed E-state index contributed by atoms with van der Waals surface area (Å²) in [7, 11) is 0. The fraction of sp³-hybridized carbons (Fsp3) is 0.364. The number of aliphatic hydroxyl groups is 1. The third kappa shape index (κ3) is 1.41. The lowest BCUT2D eigenvalue weighted by Crippen LogP contribution is -2.24. The van der Waals surface area contributed by atoms with E-state index >= 15 is 0 Å². The van der Waals surface area contributed by atoms with Crippen LogP contribution in [0, 0.1) is 5.92 Å². The van der Waals surface area contributed by atoms with Crippen molar-refractivity contribution in [2.45, 2.75) is 11.8 Å². The average molecular weight is 210 g/mol. The molecule has 1 saturated carbocycles. The Balaban J connectivity index is 2.34. The predicted octanol–water partition coefficient (Wildman–Crippen LogP) is 1.36. The Kier molecular flexibility index (Phi) is 2.44. The smallest absolute Gasteiger partial charge is 0.359 e. The van der Waals surface area contributed by atoms with Crippen LogP contribution < -0.4 is 0 Å². The lowest BCUT2D eigenvalue weighted by Gasteiger charge is -2.12. The molecule has 0 aromatic heterocycles. The maximum Gasteiger partial charge on any atom is 0.359 e. The van der Waals surface area contributed by atoms with Crippen LogP contribution in [0.4, 0.5) is 4.53 Å². The first-order valence-electron chi connectivity index (χ1n) is 4.75. The van der Waals surface area contributed by atoms with E-state index in [2.05, 4.69) is 4.94 Å². The number of aliphatic hydroxyl groups excluding tert-OH is 1. The second-order valence-electron chi connectivity index (χ2n) is 3.79. The van der Waals surface area contributed by atoms with Gasteiger partial charge in [0.25, 0.3) is 0 Å². The van der Waals surface area contributed by atoms with Crippen LogP contribution in [0.2, 0.25) is 0 Å². The number of rotatable bonds is 3. The number of hydrogen-bond acceptors (Lipinski definition) is 3. The summed E-state index contributed by atoms with van der Waals surface area (Å²) in [6.45, 7) is -0.135. The van der Waals surface area contributed by atoms with Crippen LogP contribution in [-0.2, 0) is 15.2 Å². The van der Waals surface area contributed by atoms with E-state index in [0.717, 1.165) is 0 Å². The van der Waals surface area contributed by atoms with Gasteiger partial charge in [-0.3, -0.25) is 4.94 Å². The van der Waals surface area contributed by atoms with E-state index < -0.39 is 11.4 Å². The van der Waals surface area contributed by atoms with Crippen LogP contribution in [0.5, 0.6) is 0 Å². The Labute approximate surface area is 86.4 Å². The van der Waals surface area contributed by atoms with Crippen molar-refractivity contribution in [2.24, 2.45) is 5.92 Å². The summed E-state index contributed by atoms with van der Waals surface area (Å²) in [4.78, 5) is 14.7. The minimum absolute atomic E-state index is 0.135. The van der Waals surface area contributed by atoms with Gasteiger partial charge in [-0.2, -0.15) is 0 Å². The molecule has 1 N–H and O–H groups in total. The van der Waals surface area contributed by atoms with E-state index in [1.54, 1.807) is 24.3 Å². The highest BCUT2D eigenvalue weighted by Gasteiger charge is 2.62. The minimum atomic E-state index is -0.967. The molecule has 1 aliphatic rings. The van der Waals surface area contributed by atoms with Gasteiger partial charge in [0.05, 0.1) is 0 Å². The third-order valence-electron chi connectivity index (χ3n) is 3.05. The van der Waals surface area contributed by atoms with E-state index in [1.165, 1.54) is 0 Å². The topological polar surface area (TPSA) is 46.5 Å². The third-order valence-corrected chi connectivity index (χ3v) is 3.05. The molecule has 1 aliphatic carbocycles. The summed E-state index contributed by atoms with van der Waals surface area (Å²) in [5, 5.41) is 9.02. The molecule has 1 aromatic rings. The van der Waals surface area contributed by atoms with Gasteiger partial charge >= 0.3 is 5.97 Å². The van der Waals surface area contributed by atoms with Gasteiger partial charge in [0.1, 0.15) is 5.41 Å². The van der Waals surface area contributed by atoms with Crippen molar-refractivity contribution in [3.8, 4) is 0 Å². The molecule has 2 rings (SSSR count). The standard InChI is InChI=1S/C11H11FO3/c12-15-10(14)11(6-9(11)7-13)8-4-2-1-3-5-8/h1-5,9,13H,6-7H2. The maximum atomic E-state index is 12.0. The molecule has 0 heterocycles. The van der Waals surface area contributed by atoms with Gasteiger partial charge in [-0.25, -0.2) is 4.79 Å². The quantitative estimate of drug-likeness (QED) is 0.819. The highest BCUT2D eigenvalue weighted by Crippen LogP contribution is 2.54. The highest BCUT2D eigenvalue weighted by atomic mass is 19.3. The first kappa shape index (κ1) is 10.1. The molecule has 0 spiro atoms. The molecule has 2 unspecified atom stereocenters. The molecule has 0 saturated heterocycles. The first-order valence-corrected chi connectivity index (χ1v) is 4.75. The van der Waals surface area contributed by atoms with E-state index in [1.807, 2.05) is 6.07 Å². The van der Waals surface area contributed by atoms with Crippen molar-refractivity contribution in [1.82, 2.24) is 0 Å². The summed E-state index contributed by atoms with van der Waals surface area (Å²) in [5.41, 5.74) is -0.267. The molecule has 0 amide bonds. The zero-order valence-electron chi connectivity index (χ0n) is 8.02. The molecule has 0 radical (unpaired) electrons. The largest absolute Gasteiger partial charge is 0.396 e. The van der Waals surface area contributed by atoms with Crippen molar-refractivity contribution in [3.63, 3.8) is 0 Å². The molecule has 4 heteroatoms. The SMILES string of the molecule is O=C(OF)C1(c2ccccc2)CC1CO. The van der Waals surface area contributed by atoms with E-state index in [-0.39, 0.29) is 12.5 Å². The molecule has 15 heavy (non-hydrogen) atoms. The van der Waals surface area contributed by atoms with Gasteiger partial charge in [0.2, 0.25) is 0 Å².